The average Bonchev–Trinajstić information content (AvgIpc) is 3.64. The van der Waals surface area contributed by atoms with Gasteiger partial charge in [-0.05, 0) is 96.9 Å². The molecule has 6 rings (SSSR count). The van der Waals surface area contributed by atoms with E-state index in [-0.39, 0.29) is 11.6 Å². The summed E-state index contributed by atoms with van der Waals surface area (Å²) in [4.78, 5) is 45.6. The maximum absolute atomic E-state index is 13.7. The van der Waals surface area contributed by atoms with Gasteiger partial charge in [-0.25, -0.2) is 9.37 Å². The summed E-state index contributed by atoms with van der Waals surface area (Å²) in [5, 5.41) is 10.3. The summed E-state index contributed by atoms with van der Waals surface area (Å²) in [7, 11) is 0. The van der Waals surface area contributed by atoms with E-state index in [0.29, 0.717) is 28.6 Å². The van der Waals surface area contributed by atoms with Gasteiger partial charge in [0.1, 0.15) is 22.5 Å². The minimum Gasteiger partial charge on any atom is -0.494 e. The van der Waals surface area contributed by atoms with Crippen LogP contribution in [0.5, 0.6) is 5.75 Å². The van der Waals surface area contributed by atoms with Crippen LogP contribution < -0.4 is 20.7 Å². The highest BCUT2D eigenvalue weighted by Gasteiger charge is 2.24. The van der Waals surface area contributed by atoms with E-state index in [9.17, 15) is 18.8 Å². The van der Waals surface area contributed by atoms with Crippen LogP contribution in [0.3, 0.4) is 0 Å². The molecule has 3 amide bonds. The first kappa shape index (κ1) is 35.8. The minimum absolute atomic E-state index is 0.0207. The number of aromatic nitrogens is 1. The van der Waals surface area contributed by atoms with Crippen LogP contribution in [0.1, 0.15) is 33.7 Å². The summed E-state index contributed by atoms with van der Waals surface area (Å²) in [6.07, 6.45) is 1.48. The highest BCUT2D eigenvalue weighted by Crippen LogP contribution is 2.37. The molecule has 6 aromatic rings. The number of anilines is 2. The van der Waals surface area contributed by atoms with E-state index in [1.807, 2.05) is 79.0 Å². The minimum atomic E-state index is -0.599. The Morgan fingerprint density at radius 2 is 1.50 bits per heavy atom. The summed E-state index contributed by atoms with van der Waals surface area (Å²) in [6.45, 7) is 2.52. The zero-order valence-electron chi connectivity index (χ0n) is 27.9. The number of thiazole rings is 1. The molecule has 1 atom stereocenters. The molecule has 0 fully saturated rings. The monoisotopic (exact) mass is 728 g/mol. The third-order valence-corrected chi connectivity index (χ3v) is 9.64. The van der Waals surface area contributed by atoms with Crippen LogP contribution in [0.15, 0.2) is 149 Å². The molecule has 3 N–H and O–H groups in total. The van der Waals surface area contributed by atoms with E-state index in [1.165, 1.54) is 53.4 Å². The summed E-state index contributed by atoms with van der Waals surface area (Å²) in [5.41, 5.74) is 3.84. The number of carbonyl (C=O) groups excluding carboxylic acids is 3. The first-order valence-electron chi connectivity index (χ1n) is 16.3. The third kappa shape index (κ3) is 9.59. The molecule has 1 aromatic heterocycles. The lowest BCUT2D eigenvalue weighted by molar-refractivity contribution is -0.116. The van der Waals surface area contributed by atoms with E-state index in [4.69, 9.17) is 4.74 Å². The molecule has 0 aliphatic heterocycles. The second-order valence-electron chi connectivity index (χ2n) is 11.3. The van der Waals surface area contributed by atoms with Crippen molar-refractivity contribution < 1.29 is 23.5 Å². The predicted octanol–water partition coefficient (Wildman–Crippen LogP) is 9.23. The van der Waals surface area contributed by atoms with Crippen molar-refractivity contribution in [2.75, 3.05) is 17.2 Å². The molecule has 0 saturated carbocycles. The summed E-state index contributed by atoms with van der Waals surface area (Å²) < 4.78 is 19.1. The van der Waals surface area contributed by atoms with Crippen molar-refractivity contribution in [2.24, 2.45) is 0 Å². The van der Waals surface area contributed by atoms with Crippen molar-refractivity contribution in [2.45, 2.75) is 17.1 Å². The van der Waals surface area contributed by atoms with Gasteiger partial charge in [0.2, 0.25) is 5.91 Å². The van der Waals surface area contributed by atoms with Crippen LogP contribution >= 0.6 is 23.1 Å². The fraction of sp³-hybridized carbons (Fsp3) is 0.0732. The Kier molecular flexibility index (Phi) is 11.9. The molecule has 0 saturated heterocycles. The maximum Gasteiger partial charge on any atom is 0.272 e. The largest absolute Gasteiger partial charge is 0.494 e. The van der Waals surface area contributed by atoms with Crippen LogP contribution in [0.25, 0.3) is 17.3 Å². The predicted molar refractivity (Wildman–Crippen MR) is 206 cm³/mol. The lowest BCUT2D eigenvalue weighted by Crippen LogP contribution is -2.30. The smallest absolute Gasteiger partial charge is 0.272 e. The number of hydrogen-bond acceptors (Lipinski definition) is 7. The topological polar surface area (TPSA) is 109 Å². The quantitative estimate of drug-likeness (QED) is 0.0809. The van der Waals surface area contributed by atoms with Gasteiger partial charge in [0, 0.05) is 27.1 Å². The van der Waals surface area contributed by atoms with Gasteiger partial charge in [-0.3, -0.25) is 14.4 Å². The molecule has 0 spiro atoms. The van der Waals surface area contributed by atoms with Crippen LogP contribution in [0, 0.1) is 5.82 Å². The molecular weight excluding hydrogens is 696 g/mol. The third-order valence-electron chi connectivity index (χ3n) is 7.61. The van der Waals surface area contributed by atoms with Crippen LogP contribution in [-0.2, 0) is 9.59 Å². The molecule has 8 nitrogen and oxygen atoms in total. The molecule has 1 heterocycles. The number of ether oxygens (including phenoxy) is 1. The number of amides is 3. The van der Waals surface area contributed by atoms with Crippen molar-refractivity contribution in [3.8, 4) is 17.0 Å². The number of thioether (sulfide) groups is 1. The van der Waals surface area contributed by atoms with E-state index in [0.717, 1.165) is 27.5 Å². The average molecular weight is 729 g/mol. The molecule has 0 aliphatic carbocycles. The number of rotatable bonds is 13. The molecule has 260 valence electrons. The molecule has 0 bridgehead atoms. The molecule has 1 unspecified atom stereocenters. The second-order valence-corrected chi connectivity index (χ2v) is 13.3. The van der Waals surface area contributed by atoms with E-state index in [2.05, 4.69) is 20.9 Å². The highest BCUT2D eigenvalue weighted by molar-refractivity contribution is 8.00. The van der Waals surface area contributed by atoms with Crippen molar-refractivity contribution in [3.63, 3.8) is 0 Å². The Morgan fingerprint density at radius 3 is 2.17 bits per heavy atom. The van der Waals surface area contributed by atoms with Gasteiger partial charge in [-0.1, -0.05) is 60.7 Å². The standard InChI is InChI=1S/C41H33FN4O4S2/c1-2-50-33-21-15-28(16-22-33)36-26-51-41(45-36)46-40(49)37(29-9-5-3-6-10-29)52-34-23-19-32(20-24-34)43-39(48)35(25-27-13-17-31(42)18-14-27)44-38(47)30-11-7-4-8-12-30/h3-26,37H,2H2,1H3,(H,43,48)(H,44,47)(H,45,46,49)/b35-25-. The number of hydrogen-bond donors (Lipinski definition) is 3. The van der Waals surface area contributed by atoms with Crippen LogP contribution in [0.2, 0.25) is 0 Å². The van der Waals surface area contributed by atoms with Gasteiger partial charge >= 0.3 is 0 Å². The Morgan fingerprint density at radius 1 is 0.827 bits per heavy atom. The highest BCUT2D eigenvalue weighted by atomic mass is 32.2. The summed E-state index contributed by atoms with van der Waals surface area (Å²) in [5.74, 6) is -0.900. The van der Waals surface area contributed by atoms with Crippen molar-refractivity contribution in [3.05, 3.63) is 167 Å². The molecular formula is C41H33FN4O4S2. The van der Waals surface area contributed by atoms with Crippen LogP contribution in [-0.4, -0.2) is 29.3 Å². The van der Waals surface area contributed by atoms with Crippen LogP contribution in [0.4, 0.5) is 15.2 Å². The number of nitrogens with one attached hydrogen (secondary N) is 3. The van der Waals surface area contributed by atoms with Gasteiger partial charge in [0.05, 0.1) is 12.3 Å². The Labute approximate surface area is 308 Å². The first-order valence-corrected chi connectivity index (χ1v) is 18.1. The molecule has 0 aliphatic rings. The maximum atomic E-state index is 13.7. The number of halogens is 1. The second kappa shape index (κ2) is 17.3. The van der Waals surface area contributed by atoms with Crippen molar-refractivity contribution in [1.29, 1.82) is 0 Å². The van der Waals surface area contributed by atoms with Gasteiger partial charge < -0.3 is 20.7 Å². The number of benzene rings is 5. The lowest BCUT2D eigenvalue weighted by Gasteiger charge is -2.17. The Balaban J connectivity index is 1.15. The fourth-order valence-electron chi connectivity index (χ4n) is 5.04. The normalized spacial score (nSPS) is 11.7. The fourth-order valence-corrected chi connectivity index (χ4v) is 6.79. The van der Waals surface area contributed by atoms with Crippen molar-refractivity contribution in [1.82, 2.24) is 10.3 Å². The number of nitrogens with zero attached hydrogens (tertiary/aromatic N) is 1. The summed E-state index contributed by atoms with van der Waals surface area (Å²) in [6, 6.07) is 38.3. The van der Waals surface area contributed by atoms with Gasteiger partial charge in [0.25, 0.3) is 11.8 Å². The zero-order valence-corrected chi connectivity index (χ0v) is 29.5. The van der Waals surface area contributed by atoms with Gasteiger partial charge in [-0.15, -0.1) is 23.1 Å². The zero-order chi connectivity index (χ0) is 36.3. The Hall–Kier alpha value is -6.04. The Bertz CT molecular complexity index is 2160. The van der Waals surface area contributed by atoms with Gasteiger partial charge in [-0.2, -0.15) is 0 Å². The number of carbonyl (C=O) groups is 3. The molecule has 5 aromatic carbocycles. The molecule has 52 heavy (non-hydrogen) atoms. The van der Waals surface area contributed by atoms with Gasteiger partial charge in [0.15, 0.2) is 5.13 Å². The van der Waals surface area contributed by atoms with Crippen molar-refractivity contribution >= 4 is 57.7 Å². The summed E-state index contributed by atoms with van der Waals surface area (Å²) >= 11 is 2.71. The molecule has 11 heteroatoms. The van der Waals surface area contributed by atoms with E-state index in [1.54, 1.807) is 42.5 Å². The first-order chi connectivity index (χ1) is 25.3. The van der Waals surface area contributed by atoms with E-state index >= 15 is 0 Å². The van der Waals surface area contributed by atoms with E-state index < -0.39 is 22.9 Å². The molecule has 0 radical (unpaired) electrons. The SMILES string of the molecule is CCOc1ccc(-c2csc(NC(=O)C(Sc3ccc(NC(=O)/C(=C/c4ccc(F)cc4)NC(=O)c4ccccc4)cc3)c3ccccc3)n2)cc1. The lowest BCUT2D eigenvalue weighted by atomic mass is 10.1.